The molecule has 0 fully saturated rings. The molecule has 3 rings (SSSR count). The summed E-state index contributed by atoms with van der Waals surface area (Å²) in [6.45, 7) is 6.70. The van der Waals surface area contributed by atoms with Crippen molar-refractivity contribution in [2.45, 2.75) is 49.4 Å². The molecule has 1 aliphatic rings. The molecule has 136 valence electrons. The Morgan fingerprint density at radius 3 is 2.50 bits per heavy atom. The fourth-order valence-corrected chi connectivity index (χ4v) is 3.80. The molecule has 0 unspecified atom stereocenters. The number of para-hydroxylation sites is 1. The minimum Gasteiger partial charge on any atom is -0.461 e. The Kier molecular flexibility index (Phi) is 5.37. The summed E-state index contributed by atoms with van der Waals surface area (Å²) in [5.74, 6) is -0.517. The highest BCUT2D eigenvalue weighted by Crippen LogP contribution is 2.36. The average molecular weight is 369 g/mol. The van der Waals surface area contributed by atoms with Crippen molar-refractivity contribution < 1.29 is 14.3 Å². The largest absolute Gasteiger partial charge is 0.461 e. The minimum absolute atomic E-state index is 0.0604. The van der Waals surface area contributed by atoms with E-state index in [0.29, 0.717) is 0 Å². The number of rotatable bonds is 4. The van der Waals surface area contributed by atoms with Crippen molar-refractivity contribution in [2.75, 3.05) is 5.32 Å². The van der Waals surface area contributed by atoms with Crippen molar-refractivity contribution in [1.29, 1.82) is 0 Å². The highest BCUT2D eigenvalue weighted by atomic mass is 32.2. The molecule has 2 aromatic rings. The van der Waals surface area contributed by atoms with Crippen molar-refractivity contribution in [3.63, 3.8) is 0 Å². The van der Waals surface area contributed by atoms with E-state index in [4.69, 9.17) is 4.74 Å². The molecule has 1 amide bonds. The molecule has 1 aliphatic heterocycles. The molecule has 0 spiro atoms. The van der Waals surface area contributed by atoms with Crippen LogP contribution < -0.4 is 5.32 Å². The number of carbonyl (C=O) groups excluding carboxylic acids is 2. The van der Waals surface area contributed by atoms with E-state index in [9.17, 15) is 9.59 Å². The number of carbonyl (C=O) groups is 2. The molecule has 4 nitrogen and oxygen atoms in total. The average Bonchev–Trinajstić information content (AvgIpc) is 2.60. The molecule has 26 heavy (non-hydrogen) atoms. The Hall–Kier alpha value is -2.27. The lowest BCUT2D eigenvalue weighted by molar-refractivity contribution is -0.145. The van der Waals surface area contributed by atoms with Crippen molar-refractivity contribution in [3.05, 3.63) is 59.7 Å². The van der Waals surface area contributed by atoms with Crippen LogP contribution in [0.2, 0.25) is 0 Å². The summed E-state index contributed by atoms with van der Waals surface area (Å²) in [4.78, 5) is 25.3. The second kappa shape index (κ2) is 7.54. The number of benzene rings is 2. The van der Waals surface area contributed by atoms with Gasteiger partial charge in [-0.05, 0) is 28.7 Å². The van der Waals surface area contributed by atoms with E-state index < -0.39 is 5.25 Å². The van der Waals surface area contributed by atoms with Crippen molar-refractivity contribution in [2.24, 2.45) is 0 Å². The van der Waals surface area contributed by atoms with Gasteiger partial charge in [-0.3, -0.25) is 9.59 Å². The number of esters is 1. The van der Waals surface area contributed by atoms with Gasteiger partial charge in [-0.25, -0.2) is 0 Å². The number of fused-ring (bicyclic) bond motifs is 1. The molecule has 1 atom stereocenters. The molecule has 1 heterocycles. The van der Waals surface area contributed by atoms with Gasteiger partial charge in [0.15, 0.2) is 0 Å². The van der Waals surface area contributed by atoms with Crippen LogP contribution in [0, 0.1) is 0 Å². The summed E-state index contributed by atoms with van der Waals surface area (Å²) in [5, 5.41) is 2.38. The van der Waals surface area contributed by atoms with Gasteiger partial charge in [-0.15, -0.1) is 11.8 Å². The lowest BCUT2D eigenvalue weighted by atomic mass is 9.87. The molecule has 5 heteroatoms. The number of ether oxygens (including phenoxy) is 1. The van der Waals surface area contributed by atoms with E-state index in [1.54, 1.807) is 0 Å². The zero-order valence-corrected chi connectivity index (χ0v) is 16.1. The van der Waals surface area contributed by atoms with Gasteiger partial charge in [0.25, 0.3) is 0 Å². The van der Waals surface area contributed by atoms with E-state index in [2.05, 4.69) is 38.2 Å². The summed E-state index contributed by atoms with van der Waals surface area (Å²) in [6.07, 6.45) is 0.0604. The Morgan fingerprint density at radius 1 is 1.12 bits per heavy atom. The first-order chi connectivity index (χ1) is 12.3. The maximum atomic E-state index is 12.2. The zero-order valence-electron chi connectivity index (χ0n) is 15.2. The Morgan fingerprint density at radius 2 is 1.81 bits per heavy atom. The molecule has 0 radical (unpaired) electrons. The van der Waals surface area contributed by atoms with Gasteiger partial charge < -0.3 is 10.1 Å². The standard InChI is InChI=1S/C21H23NO3S/c1-21(2,3)15-10-8-14(9-11-15)13-25-19(23)12-18-20(24)22-16-6-4-5-7-17(16)26-18/h4-11,18H,12-13H2,1-3H3,(H,22,24)/t18-/m0/s1. The first-order valence-electron chi connectivity index (χ1n) is 8.64. The van der Waals surface area contributed by atoms with Gasteiger partial charge in [0.2, 0.25) is 5.91 Å². The van der Waals surface area contributed by atoms with Crippen LogP contribution in [0.5, 0.6) is 0 Å². The minimum atomic E-state index is -0.458. The smallest absolute Gasteiger partial charge is 0.307 e. The number of hydrogen-bond donors (Lipinski definition) is 1. The predicted molar refractivity (Wildman–Crippen MR) is 104 cm³/mol. The van der Waals surface area contributed by atoms with Gasteiger partial charge in [0, 0.05) is 4.90 Å². The van der Waals surface area contributed by atoms with Crippen molar-refractivity contribution >= 4 is 29.3 Å². The van der Waals surface area contributed by atoms with E-state index in [0.717, 1.165) is 16.1 Å². The fourth-order valence-electron chi connectivity index (χ4n) is 2.70. The Balaban J connectivity index is 1.54. The third-order valence-electron chi connectivity index (χ3n) is 4.28. The number of amides is 1. The Bertz CT molecular complexity index is 809. The monoisotopic (exact) mass is 369 g/mol. The highest BCUT2D eigenvalue weighted by Gasteiger charge is 2.29. The molecule has 0 aromatic heterocycles. The third-order valence-corrected chi connectivity index (χ3v) is 5.55. The summed E-state index contributed by atoms with van der Waals surface area (Å²) in [6, 6.07) is 15.7. The number of anilines is 1. The second-order valence-corrected chi connectivity index (χ2v) is 8.65. The quantitative estimate of drug-likeness (QED) is 0.805. The molecule has 2 aromatic carbocycles. The summed E-state index contributed by atoms with van der Waals surface area (Å²) >= 11 is 1.41. The lowest BCUT2D eigenvalue weighted by Crippen LogP contribution is -2.31. The molecule has 0 aliphatic carbocycles. The molecule has 1 N–H and O–H groups in total. The molecule has 0 bridgehead atoms. The van der Waals surface area contributed by atoms with Crippen LogP contribution in [0.4, 0.5) is 5.69 Å². The van der Waals surface area contributed by atoms with Crippen LogP contribution in [0.25, 0.3) is 0 Å². The summed E-state index contributed by atoms with van der Waals surface area (Å²) in [5.41, 5.74) is 3.07. The van der Waals surface area contributed by atoms with E-state index in [-0.39, 0.29) is 30.3 Å². The molecule has 0 saturated carbocycles. The van der Waals surface area contributed by atoms with Gasteiger partial charge in [0.05, 0.1) is 17.4 Å². The first-order valence-corrected chi connectivity index (χ1v) is 9.52. The van der Waals surface area contributed by atoms with Crippen molar-refractivity contribution in [3.8, 4) is 0 Å². The van der Waals surface area contributed by atoms with Crippen LogP contribution in [0.15, 0.2) is 53.4 Å². The Labute approximate surface area is 158 Å². The third kappa shape index (κ3) is 4.47. The normalized spacial score (nSPS) is 16.6. The molecule has 0 saturated heterocycles. The zero-order chi connectivity index (χ0) is 18.7. The topological polar surface area (TPSA) is 55.4 Å². The van der Waals surface area contributed by atoms with Crippen LogP contribution >= 0.6 is 11.8 Å². The first kappa shape index (κ1) is 18.5. The van der Waals surface area contributed by atoms with Gasteiger partial charge in [0.1, 0.15) is 6.61 Å². The van der Waals surface area contributed by atoms with Crippen molar-refractivity contribution in [1.82, 2.24) is 0 Å². The van der Waals surface area contributed by atoms with E-state index in [1.165, 1.54) is 17.3 Å². The van der Waals surface area contributed by atoms with Crippen LogP contribution in [-0.4, -0.2) is 17.1 Å². The van der Waals surface area contributed by atoms with Gasteiger partial charge in [-0.2, -0.15) is 0 Å². The van der Waals surface area contributed by atoms with E-state index >= 15 is 0 Å². The maximum absolute atomic E-state index is 12.2. The van der Waals surface area contributed by atoms with E-state index in [1.807, 2.05) is 36.4 Å². The van der Waals surface area contributed by atoms with Crippen LogP contribution in [0.3, 0.4) is 0 Å². The predicted octanol–water partition coefficient (Wildman–Crippen LogP) is 4.53. The van der Waals surface area contributed by atoms with Crippen LogP contribution in [0.1, 0.15) is 38.3 Å². The number of nitrogens with one attached hydrogen (secondary N) is 1. The number of hydrogen-bond acceptors (Lipinski definition) is 4. The maximum Gasteiger partial charge on any atom is 0.307 e. The highest BCUT2D eigenvalue weighted by molar-refractivity contribution is 8.01. The SMILES string of the molecule is CC(C)(C)c1ccc(COC(=O)C[C@@H]2Sc3ccccc3NC2=O)cc1. The second-order valence-electron chi connectivity index (χ2n) is 7.40. The van der Waals surface area contributed by atoms with Gasteiger partial charge in [-0.1, -0.05) is 57.2 Å². The van der Waals surface area contributed by atoms with Gasteiger partial charge >= 0.3 is 5.97 Å². The lowest BCUT2D eigenvalue weighted by Gasteiger charge is -2.23. The summed E-state index contributed by atoms with van der Waals surface area (Å²) in [7, 11) is 0. The number of thioether (sulfide) groups is 1. The molecular formula is C21H23NO3S. The van der Waals surface area contributed by atoms with Crippen LogP contribution in [-0.2, 0) is 26.3 Å². The molecular weight excluding hydrogens is 346 g/mol. The summed E-state index contributed by atoms with van der Waals surface area (Å²) < 4.78 is 5.36. The fraction of sp³-hybridized carbons (Fsp3) is 0.333.